The molecular formula is C12H10Cl2N2OS. The van der Waals surface area contributed by atoms with Gasteiger partial charge in [-0.1, -0.05) is 29.3 Å². The Hall–Kier alpha value is -1.10. The minimum Gasteiger partial charge on any atom is -0.343 e. The average Bonchev–Trinajstić information content (AvgIpc) is 2.65. The van der Waals surface area contributed by atoms with E-state index in [-0.39, 0.29) is 5.78 Å². The van der Waals surface area contributed by atoms with E-state index in [2.05, 4.69) is 9.69 Å². The van der Waals surface area contributed by atoms with Crippen LogP contribution in [-0.2, 0) is 0 Å². The molecule has 94 valence electrons. The quantitative estimate of drug-likeness (QED) is 0.835. The van der Waals surface area contributed by atoms with Crippen molar-refractivity contribution in [3.8, 4) is 0 Å². The van der Waals surface area contributed by atoms with Gasteiger partial charge < -0.3 is 5.32 Å². The number of nitrogens with one attached hydrogen (secondary N) is 1. The maximum absolute atomic E-state index is 11.6. The van der Waals surface area contributed by atoms with Crippen LogP contribution in [0.25, 0.3) is 0 Å². The lowest BCUT2D eigenvalue weighted by Gasteiger charge is -2.09. The highest BCUT2D eigenvalue weighted by Gasteiger charge is 2.16. The molecule has 1 heterocycles. The molecule has 1 N–H and O–H groups in total. The molecule has 0 aliphatic rings. The standard InChI is InChI=1S/C12H10Cl2N2OS/c1-6-10(7(2)17)12(18-16-6)15-11-8(13)4-3-5-9(11)14/h3-5,15H,1-2H3. The van der Waals surface area contributed by atoms with Crippen molar-refractivity contribution in [1.82, 2.24) is 4.37 Å². The Morgan fingerprint density at radius 3 is 2.50 bits per heavy atom. The van der Waals surface area contributed by atoms with Crippen molar-refractivity contribution in [2.75, 3.05) is 5.32 Å². The summed E-state index contributed by atoms with van der Waals surface area (Å²) in [5.74, 6) is -0.0353. The number of rotatable bonds is 3. The van der Waals surface area contributed by atoms with Crippen LogP contribution in [-0.4, -0.2) is 10.2 Å². The summed E-state index contributed by atoms with van der Waals surface area (Å²) in [6.45, 7) is 3.31. The van der Waals surface area contributed by atoms with Crippen molar-refractivity contribution in [2.45, 2.75) is 13.8 Å². The van der Waals surface area contributed by atoms with Gasteiger partial charge in [-0.3, -0.25) is 4.79 Å². The van der Waals surface area contributed by atoms with Crippen molar-refractivity contribution in [2.24, 2.45) is 0 Å². The zero-order valence-electron chi connectivity index (χ0n) is 9.75. The summed E-state index contributed by atoms with van der Waals surface area (Å²) in [6, 6.07) is 5.23. The van der Waals surface area contributed by atoms with E-state index in [1.54, 1.807) is 25.1 Å². The largest absolute Gasteiger partial charge is 0.343 e. The Morgan fingerprint density at radius 1 is 1.33 bits per heavy atom. The molecule has 0 saturated heterocycles. The molecule has 2 aromatic rings. The van der Waals surface area contributed by atoms with Crippen LogP contribution in [0.5, 0.6) is 0 Å². The lowest BCUT2D eigenvalue weighted by atomic mass is 10.2. The van der Waals surface area contributed by atoms with E-state index in [0.29, 0.717) is 32.0 Å². The van der Waals surface area contributed by atoms with Gasteiger partial charge in [0.15, 0.2) is 5.78 Å². The number of para-hydroxylation sites is 1. The predicted molar refractivity (Wildman–Crippen MR) is 76.6 cm³/mol. The third-order valence-corrected chi connectivity index (χ3v) is 3.90. The molecule has 0 aliphatic carbocycles. The number of aryl methyl sites for hydroxylation is 1. The Morgan fingerprint density at radius 2 is 1.94 bits per heavy atom. The molecule has 6 heteroatoms. The fourth-order valence-corrected chi connectivity index (χ4v) is 2.94. The first-order valence-electron chi connectivity index (χ1n) is 5.19. The summed E-state index contributed by atoms with van der Waals surface area (Å²) in [7, 11) is 0. The van der Waals surface area contributed by atoms with E-state index >= 15 is 0 Å². The third-order valence-electron chi connectivity index (χ3n) is 2.42. The topological polar surface area (TPSA) is 42.0 Å². The van der Waals surface area contributed by atoms with Crippen LogP contribution in [0.1, 0.15) is 23.0 Å². The van der Waals surface area contributed by atoms with Crippen molar-refractivity contribution < 1.29 is 4.79 Å². The molecule has 0 aliphatic heterocycles. The number of halogens is 2. The first-order valence-corrected chi connectivity index (χ1v) is 6.72. The molecule has 0 unspecified atom stereocenters. The summed E-state index contributed by atoms with van der Waals surface area (Å²) in [5.41, 5.74) is 1.88. The van der Waals surface area contributed by atoms with Gasteiger partial charge in [0.2, 0.25) is 0 Å². The summed E-state index contributed by atoms with van der Waals surface area (Å²) in [5, 5.41) is 4.75. The SMILES string of the molecule is CC(=O)c1c(C)nsc1Nc1c(Cl)cccc1Cl. The molecule has 3 nitrogen and oxygen atoms in total. The Kier molecular flexibility index (Phi) is 3.90. The molecule has 0 saturated carbocycles. The molecule has 0 radical (unpaired) electrons. The van der Waals surface area contributed by atoms with Crippen LogP contribution in [0.3, 0.4) is 0 Å². The summed E-state index contributed by atoms with van der Waals surface area (Å²) in [4.78, 5) is 11.6. The summed E-state index contributed by atoms with van der Waals surface area (Å²) >= 11 is 13.4. The van der Waals surface area contributed by atoms with Crippen molar-refractivity contribution >= 4 is 51.2 Å². The van der Waals surface area contributed by atoms with E-state index in [9.17, 15) is 4.79 Å². The molecule has 0 fully saturated rings. The van der Waals surface area contributed by atoms with Crippen LogP contribution in [0.4, 0.5) is 10.7 Å². The molecule has 18 heavy (non-hydrogen) atoms. The first kappa shape index (κ1) is 13.3. The number of ketones is 1. The van der Waals surface area contributed by atoms with Gasteiger partial charge in [0, 0.05) is 0 Å². The lowest BCUT2D eigenvalue weighted by molar-refractivity contribution is 0.101. The second kappa shape index (κ2) is 5.26. The highest BCUT2D eigenvalue weighted by Crippen LogP contribution is 2.35. The molecule has 1 aromatic carbocycles. The normalized spacial score (nSPS) is 10.4. The highest BCUT2D eigenvalue weighted by atomic mass is 35.5. The van der Waals surface area contributed by atoms with Gasteiger partial charge in [-0.15, -0.1) is 0 Å². The molecule has 0 atom stereocenters. The van der Waals surface area contributed by atoms with Gasteiger partial charge in [0.05, 0.1) is 27.0 Å². The number of hydrogen-bond donors (Lipinski definition) is 1. The van der Waals surface area contributed by atoms with Gasteiger partial charge in [-0.2, -0.15) is 4.37 Å². The van der Waals surface area contributed by atoms with E-state index in [1.807, 2.05) is 0 Å². The number of benzene rings is 1. The number of aromatic nitrogens is 1. The van der Waals surface area contributed by atoms with Crippen LogP contribution >= 0.6 is 34.7 Å². The van der Waals surface area contributed by atoms with Gasteiger partial charge in [0.1, 0.15) is 5.00 Å². The van der Waals surface area contributed by atoms with Crippen LogP contribution in [0, 0.1) is 6.92 Å². The first-order chi connectivity index (χ1) is 8.50. The number of carbonyl (C=O) groups excluding carboxylic acids is 1. The maximum Gasteiger partial charge on any atom is 0.164 e. The third kappa shape index (κ3) is 2.51. The fourth-order valence-electron chi connectivity index (χ4n) is 1.60. The second-order valence-corrected chi connectivity index (χ2v) is 5.34. The number of hydrogen-bond acceptors (Lipinski definition) is 4. The molecule has 0 bridgehead atoms. The fraction of sp³-hybridized carbons (Fsp3) is 0.167. The highest BCUT2D eigenvalue weighted by molar-refractivity contribution is 7.10. The molecule has 0 amide bonds. The molecule has 1 aromatic heterocycles. The van der Waals surface area contributed by atoms with Crippen LogP contribution < -0.4 is 5.32 Å². The van der Waals surface area contributed by atoms with Gasteiger partial charge in [0.25, 0.3) is 0 Å². The van der Waals surface area contributed by atoms with Gasteiger partial charge in [-0.05, 0) is 37.5 Å². The molecule has 0 spiro atoms. The zero-order chi connectivity index (χ0) is 13.3. The number of anilines is 2. The molecular weight excluding hydrogens is 291 g/mol. The summed E-state index contributed by atoms with van der Waals surface area (Å²) < 4.78 is 4.17. The Bertz CT molecular complexity index is 590. The van der Waals surface area contributed by atoms with Crippen molar-refractivity contribution in [3.05, 3.63) is 39.5 Å². The average molecular weight is 301 g/mol. The number of Topliss-reactive ketones (excluding diaryl/α,β-unsaturated/α-hetero) is 1. The predicted octanol–water partition coefficient (Wildman–Crippen LogP) is 4.70. The minimum atomic E-state index is -0.0353. The number of nitrogens with zero attached hydrogens (tertiary/aromatic N) is 1. The van der Waals surface area contributed by atoms with Crippen LogP contribution in [0.2, 0.25) is 10.0 Å². The summed E-state index contributed by atoms with van der Waals surface area (Å²) in [6.07, 6.45) is 0. The smallest absolute Gasteiger partial charge is 0.164 e. The monoisotopic (exact) mass is 300 g/mol. The van der Waals surface area contributed by atoms with Crippen LogP contribution in [0.15, 0.2) is 18.2 Å². The van der Waals surface area contributed by atoms with E-state index in [4.69, 9.17) is 23.2 Å². The van der Waals surface area contributed by atoms with E-state index in [0.717, 1.165) is 0 Å². The van der Waals surface area contributed by atoms with Gasteiger partial charge >= 0.3 is 0 Å². The Labute approximate surface area is 119 Å². The minimum absolute atomic E-state index is 0.0353. The Balaban J connectivity index is 2.44. The number of carbonyl (C=O) groups is 1. The zero-order valence-corrected chi connectivity index (χ0v) is 12.1. The lowest BCUT2D eigenvalue weighted by Crippen LogP contribution is -1.99. The molecule has 2 rings (SSSR count). The maximum atomic E-state index is 11.6. The second-order valence-electron chi connectivity index (χ2n) is 3.75. The van der Waals surface area contributed by atoms with Crippen molar-refractivity contribution in [3.63, 3.8) is 0 Å². The van der Waals surface area contributed by atoms with E-state index < -0.39 is 0 Å². The van der Waals surface area contributed by atoms with Gasteiger partial charge in [-0.25, -0.2) is 0 Å². The van der Waals surface area contributed by atoms with E-state index in [1.165, 1.54) is 18.5 Å². The van der Waals surface area contributed by atoms with Crippen molar-refractivity contribution in [1.29, 1.82) is 0 Å².